The molecule has 0 spiro atoms. The fourth-order valence-electron chi connectivity index (χ4n) is 2.46. The lowest BCUT2D eigenvalue weighted by Gasteiger charge is -2.16. The van der Waals surface area contributed by atoms with Gasteiger partial charge in [-0.05, 0) is 30.4 Å². The first-order valence-electron chi connectivity index (χ1n) is 7.45. The lowest BCUT2D eigenvalue weighted by atomic mass is 10.1. The summed E-state index contributed by atoms with van der Waals surface area (Å²) in [4.78, 5) is 23.1. The SMILES string of the molecule is COc1ccc(-c2cc(=O)[nH]c(=S)n2Cc2ncccn2)c(OC)c1. The smallest absolute Gasteiger partial charge is 0.252 e. The highest BCUT2D eigenvalue weighted by molar-refractivity contribution is 7.71. The molecule has 1 aromatic carbocycles. The monoisotopic (exact) mass is 356 g/mol. The summed E-state index contributed by atoms with van der Waals surface area (Å²) in [6.45, 7) is 0.320. The highest BCUT2D eigenvalue weighted by Gasteiger charge is 2.14. The van der Waals surface area contributed by atoms with Crippen LogP contribution in [0.4, 0.5) is 0 Å². The van der Waals surface area contributed by atoms with Crippen molar-refractivity contribution in [3.8, 4) is 22.8 Å². The van der Waals surface area contributed by atoms with E-state index in [1.54, 1.807) is 49.4 Å². The summed E-state index contributed by atoms with van der Waals surface area (Å²) in [6, 6.07) is 8.59. The lowest BCUT2D eigenvalue weighted by Crippen LogP contribution is -2.16. The fraction of sp³-hybridized carbons (Fsp3) is 0.176. The Bertz CT molecular complexity index is 999. The molecule has 0 atom stereocenters. The number of methoxy groups -OCH3 is 2. The van der Waals surface area contributed by atoms with Gasteiger partial charge in [0.2, 0.25) is 0 Å². The first-order chi connectivity index (χ1) is 12.1. The number of rotatable bonds is 5. The zero-order valence-electron chi connectivity index (χ0n) is 13.7. The third-order valence-electron chi connectivity index (χ3n) is 3.64. The second kappa shape index (κ2) is 7.27. The van der Waals surface area contributed by atoms with Crippen molar-refractivity contribution in [3.63, 3.8) is 0 Å². The van der Waals surface area contributed by atoms with Crippen LogP contribution >= 0.6 is 12.2 Å². The minimum Gasteiger partial charge on any atom is -0.497 e. The van der Waals surface area contributed by atoms with E-state index in [1.807, 2.05) is 6.07 Å². The van der Waals surface area contributed by atoms with Gasteiger partial charge in [-0.3, -0.25) is 9.78 Å². The molecule has 0 unspecified atom stereocenters. The molecule has 3 aromatic rings. The van der Waals surface area contributed by atoms with Crippen LogP contribution in [0.3, 0.4) is 0 Å². The van der Waals surface area contributed by atoms with Crippen LogP contribution < -0.4 is 15.0 Å². The number of H-pyrrole nitrogens is 1. The predicted octanol–water partition coefficient (Wildman–Crippen LogP) is 2.43. The van der Waals surface area contributed by atoms with Crippen LogP contribution in [0.5, 0.6) is 11.5 Å². The maximum Gasteiger partial charge on any atom is 0.252 e. The third-order valence-corrected chi connectivity index (χ3v) is 3.96. The number of benzene rings is 1. The second-order valence-corrected chi connectivity index (χ2v) is 5.53. The van der Waals surface area contributed by atoms with E-state index in [0.29, 0.717) is 29.6 Å². The molecule has 1 N–H and O–H groups in total. The van der Waals surface area contributed by atoms with E-state index in [2.05, 4.69) is 15.0 Å². The average molecular weight is 356 g/mol. The molecule has 0 saturated heterocycles. The minimum absolute atomic E-state index is 0.285. The summed E-state index contributed by atoms with van der Waals surface area (Å²) in [6.07, 6.45) is 3.32. The molecule has 0 fully saturated rings. The molecule has 0 aliphatic heterocycles. The van der Waals surface area contributed by atoms with Crippen LogP contribution in [0, 0.1) is 4.77 Å². The standard InChI is InChI=1S/C17H16N4O3S/c1-23-11-4-5-12(14(8-11)24-2)13-9-16(22)20-17(25)21(13)10-15-18-6-3-7-19-15/h3-9H,10H2,1-2H3,(H,20,22,25). The molecule has 0 saturated carbocycles. The van der Waals surface area contributed by atoms with Crippen LogP contribution in [-0.2, 0) is 6.54 Å². The van der Waals surface area contributed by atoms with E-state index in [4.69, 9.17) is 21.7 Å². The van der Waals surface area contributed by atoms with E-state index >= 15 is 0 Å². The van der Waals surface area contributed by atoms with Gasteiger partial charge in [-0.15, -0.1) is 0 Å². The van der Waals surface area contributed by atoms with Crippen molar-refractivity contribution in [1.29, 1.82) is 0 Å². The molecule has 0 aliphatic rings. The highest BCUT2D eigenvalue weighted by atomic mass is 32.1. The van der Waals surface area contributed by atoms with Gasteiger partial charge in [-0.2, -0.15) is 0 Å². The molecule has 2 aromatic heterocycles. The number of aromatic nitrogens is 4. The molecule has 3 rings (SSSR count). The summed E-state index contributed by atoms with van der Waals surface area (Å²) >= 11 is 5.34. The van der Waals surface area contributed by atoms with Gasteiger partial charge in [0.1, 0.15) is 17.3 Å². The Morgan fingerprint density at radius 3 is 2.60 bits per heavy atom. The summed E-state index contributed by atoms with van der Waals surface area (Å²) < 4.78 is 12.7. The van der Waals surface area contributed by atoms with Gasteiger partial charge < -0.3 is 14.0 Å². The van der Waals surface area contributed by atoms with Crippen molar-refractivity contribution in [2.45, 2.75) is 6.54 Å². The summed E-state index contributed by atoms with van der Waals surface area (Å²) in [5.74, 6) is 1.81. The summed E-state index contributed by atoms with van der Waals surface area (Å²) in [5, 5.41) is 0. The quantitative estimate of drug-likeness (QED) is 0.707. The van der Waals surface area contributed by atoms with E-state index in [-0.39, 0.29) is 10.3 Å². The zero-order chi connectivity index (χ0) is 17.8. The van der Waals surface area contributed by atoms with Crippen molar-refractivity contribution in [2.24, 2.45) is 0 Å². The van der Waals surface area contributed by atoms with Crippen LogP contribution in [0.2, 0.25) is 0 Å². The molecule has 7 nitrogen and oxygen atoms in total. The Morgan fingerprint density at radius 1 is 1.16 bits per heavy atom. The molecular weight excluding hydrogens is 340 g/mol. The lowest BCUT2D eigenvalue weighted by molar-refractivity contribution is 0.395. The van der Waals surface area contributed by atoms with Crippen molar-refractivity contribution < 1.29 is 9.47 Å². The van der Waals surface area contributed by atoms with Gasteiger partial charge >= 0.3 is 0 Å². The van der Waals surface area contributed by atoms with E-state index in [0.717, 1.165) is 5.56 Å². The molecule has 25 heavy (non-hydrogen) atoms. The Morgan fingerprint density at radius 2 is 1.92 bits per heavy atom. The van der Waals surface area contributed by atoms with Crippen LogP contribution in [-0.4, -0.2) is 33.7 Å². The summed E-state index contributed by atoms with van der Waals surface area (Å²) in [5.41, 5.74) is 1.04. The Hall–Kier alpha value is -3.00. The Balaban J connectivity index is 2.19. The van der Waals surface area contributed by atoms with E-state index in [1.165, 1.54) is 6.07 Å². The molecule has 0 amide bonds. The minimum atomic E-state index is -0.289. The van der Waals surface area contributed by atoms with Gasteiger partial charge in [-0.25, -0.2) is 9.97 Å². The highest BCUT2D eigenvalue weighted by Crippen LogP contribution is 2.32. The first kappa shape index (κ1) is 16.8. The maximum atomic E-state index is 12.0. The van der Waals surface area contributed by atoms with Gasteiger partial charge in [-0.1, -0.05) is 0 Å². The molecule has 8 heteroatoms. The Labute approximate surface area is 148 Å². The van der Waals surface area contributed by atoms with Crippen molar-refractivity contribution in [2.75, 3.05) is 14.2 Å². The maximum absolute atomic E-state index is 12.0. The normalized spacial score (nSPS) is 10.5. The number of ether oxygens (including phenoxy) is 2. The van der Waals surface area contributed by atoms with E-state index < -0.39 is 0 Å². The van der Waals surface area contributed by atoms with Crippen LogP contribution in [0.1, 0.15) is 5.82 Å². The second-order valence-electron chi connectivity index (χ2n) is 5.14. The number of nitrogens with zero attached hydrogens (tertiary/aromatic N) is 3. The van der Waals surface area contributed by atoms with Gasteiger partial charge in [0.15, 0.2) is 4.77 Å². The largest absolute Gasteiger partial charge is 0.497 e. The zero-order valence-corrected chi connectivity index (χ0v) is 14.5. The van der Waals surface area contributed by atoms with Crippen LogP contribution in [0.15, 0.2) is 47.5 Å². The van der Waals surface area contributed by atoms with Crippen molar-refractivity contribution in [1.82, 2.24) is 19.5 Å². The first-order valence-corrected chi connectivity index (χ1v) is 7.85. The topological polar surface area (TPSA) is 82.0 Å². The van der Waals surface area contributed by atoms with Gasteiger partial charge in [0.25, 0.3) is 5.56 Å². The van der Waals surface area contributed by atoms with E-state index in [9.17, 15) is 4.79 Å². The Kier molecular flexibility index (Phi) is 4.90. The fourth-order valence-corrected chi connectivity index (χ4v) is 2.73. The predicted molar refractivity (Wildman–Crippen MR) is 95.6 cm³/mol. The molecular formula is C17H16N4O3S. The summed E-state index contributed by atoms with van der Waals surface area (Å²) in [7, 11) is 3.14. The van der Waals surface area contributed by atoms with Crippen LogP contribution in [0.25, 0.3) is 11.3 Å². The molecule has 128 valence electrons. The molecule has 0 bridgehead atoms. The number of aromatic amines is 1. The van der Waals surface area contributed by atoms with Gasteiger partial charge in [0.05, 0.1) is 26.5 Å². The molecule has 0 radical (unpaired) electrons. The number of nitrogens with one attached hydrogen (secondary N) is 1. The van der Waals surface area contributed by atoms with Crippen molar-refractivity contribution >= 4 is 12.2 Å². The van der Waals surface area contributed by atoms with Crippen molar-refractivity contribution in [3.05, 3.63) is 63.7 Å². The molecule has 0 aliphatic carbocycles. The average Bonchev–Trinajstić information content (AvgIpc) is 2.64. The third kappa shape index (κ3) is 3.58. The number of hydrogen-bond donors (Lipinski definition) is 1. The number of hydrogen-bond acceptors (Lipinski definition) is 6. The van der Waals surface area contributed by atoms with Gasteiger partial charge in [0, 0.05) is 30.1 Å². The molecule has 2 heterocycles.